The molecule has 0 aliphatic heterocycles. The molecule has 1 rings (SSSR count). The van der Waals surface area contributed by atoms with Crippen molar-refractivity contribution < 1.29 is 13.8 Å². The van der Waals surface area contributed by atoms with E-state index in [9.17, 15) is 4.79 Å². The summed E-state index contributed by atoms with van der Waals surface area (Å²) < 4.78 is 9.40. The van der Waals surface area contributed by atoms with Gasteiger partial charge < -0.3 is 9.03 Å². The number of carbonyl (C=O) groups excluding carboxylic acids is 1. The van der Waals surface area contributed by atoms with Crippen LogP contribution in [0.3, 0.4) is 0 Å². The third-order valence-corrected chi connectivity index (χ3v) is 1.54. The van der Waals surface area contributed by atoms with Gasteiger partial charge in [-0.3, -0.25) is 0 Å². The van der Waals surface area contributed by atoms with Gasteiger partial charge in [0.2, 0.25) is 0 Å². The molecule has 0 unspecified atom stereocenters. The van der Waals surface area contributed by atoms with Crippen molar-refractivity contribution in [2.45, 2.75) is 20.0 Å². The number of ether oxygens (including phenoxy) is 1. The molecule has 4 nitrogen and oxygen atoms in total. The second-order valence-electron chi connectivity index (χ2n) is 2.88. The zero-order chi connectivity index (χ0) is 10.6. The lowest BCUT2D eigenvalue weighted by Crippen LogP contribution is -2.11. The van der Waals surface area contributed by atoms with Crippen LogP contribution >= 0.6 is 11.9 Å². The lowest BCUT2D eigenvalue weighted by molar-refractivity contribution is 0.0738. The zero-order valence-electron chi connectivity index (χ0n) is 7.86. The maximum Gasteiger partial charge on any atom is 0.378 e. The Morgan fingerprint density at radius 3 is 2.86 bits per heavy atom. The Morgan fingerprint density at radius 2 is 2.29 bits per heavy atom. The molecular formula is C9H10ClNO3. The Bertz CT molecular complexity index is 328. The van der Waals surface area contributed by atoms with Crippen LogP contribution < -0.4 is 4.74 Å². The van der Waals surface area contributed by atoms with Gasteiger partial charge in [-0.1, -0.05) is 0 Å². The molecule has 0 aromatic carbocycles. The normalized spacial score (nSPS) is 10.0. The fourth-order valence-corrected chi connectivity index (χ4v) is 1.00. The molecule has 0 aliphatic rings. The summed E-state index contributed by atoms with van der Waals surface area (Å²) in [5, 5.41) is 0. The van der Waals surface area contributed by atoms with E-state index in [1.807, 2.05) is 13.8 Å². The number of aromatic nitrogens is 1. The summed E-state index contributed by atoms with van der Waals surface area (Å²) in [5.74, 6) is -0.351. The van der Waals surface area contributed by atoms with Crippen LogP contribution in [0.4, 0.5) is 0 Å². The van der Waals surface area contributed by atoms with E-state index in [1.165, 1.54) is 6.20 Å². The summed E-state index contributed by atoms with van der Waals surface area (Å²) in [7, 11) is 0. The zero-order valence-corrected chi connectivity index (χ0v) is 8.62. The van der Waals surface area contributed by atoms with Crippen LogP contribution in [0.15, 0.2) is 18.3 Å². The summed E-state index contributed by atoms with van der Waals surface area (Å²) in [6.07, 6.45) is 1.43. The molecule has 0 bridgehead atoms. The van der Waals surface area contributed by atoms with E-state index in [0.717, 1.165) is 0 Å². The van der Waals surface area contributed by atoms with Crippen LogP contribution in [0, 0.1) is 0 Å². The highest BCUT2D eigenvalue weighted by atomic mass is 35.5. The van der Waals surface area contributed by atoms with Gasteiger partial charge in [-0.05, 0) is 26.0 Å². The number of rotatable bonds is 3. The van der Waals surface area contributed by atoms with E-state index in [2.05, 4.69) is 9.27 Å². The predicted octanol–water partition coefficient (Wildman–Crippen LogP) is 2.18. The average molecular weight is 216 g/mol. The van der Waals surface area contributed by atoms with Crippen molar-refractivity contribution in [3.8, 4) is 5.75 Å². The van der Waals surface area contributed by atoms with Crippen molar-refractivity contribution in [2.75, 3.05) is 0 Å². The third-order valence-electron chi connectivity index (χ3n) is 1.40. The second kappa shape index (κ2) is 4.81. The van der Waals surface area contributed by atoms with Crippen molar-refractivity contribution in [3.05, 3.63) is 24.0 Å². The van der Waals surface area contributed by atoms with Crippen LogP contribution in [-0.4, -0.2) is 17.1 Å². The van der Waals surface area contributed by atoms with Crippen LogP contribution in [0.25, 0.3) is 0 Å². The van der Waals surface area contributed by atoms with E-state index in [-0.39, 0.29) is 11.8 Å². The fraction of sp³-hybridized carbons (Fsp3) is 0.333. The molecule has 0 atom stereocenters. The van der Waals surface area contributed by atoms with Gasteiger partial charge in [0.1, 0.15) is 11.9 Å². The molecule has 0 N–H and O–H groups in total. The van der Waals surface area contributed by atoms with Gasteiger partial charge in [0.25, 0.3) is 0 Å². The molecule has 76 valence electrons. The van der Waals surface area contributed by atoms with Crippen molar-refractivity contribution >= 4 is 17.8 Å². The van der Waals surface area contributed by atoms with Crippen molar-refractivity contribution in [2.24, 2.45) is 0 Å². The number of carbonyl (C=O) groups is 1. The number of hydrogen-bond donors (Lipinski definition) is 0. The molecule has 0 saturated heterocycles. The molecule has 1 heterocycles. The monoisotopic (exact) mass is 215 g/mol. The lowest BCUT2D eigenvalue weighted by Gasteiger charge is -2.10. The Hall–Kier alpha value is -1.29. The van der Waals surface area contributed by atoms with E-state index in [1.54, 1.807) is 12.1 Å². The minimum Gasteiger partial charge on any atom is -0.488 e. The Balaban J connectivity index is 2.97. The highest BCUT2D eigenvalue weighted by Crippen LogP contribution is 2.18. The van der Waals surface area contributed by atoms with Gasteiger partial charge in [0.05, 0.1) is 6.10 Å². The quantitative estimate of drug-likeness (QED) is 0.776. The van der Waals surface area contributed by atoms with E-state index < -0.39 is 5.97 Å². The molecule has 0 amide bonds. The van der Waals surface area contributed by atoms with Gasteiger partial charge in [-0.15, -0.1) is 0 Å². The van der Waals surface area contributed by atoms with Gasteiger partial charge in [-0.25, -0.2) is 9.78 Å². The molecule has 0 fully saturated rings. The van der Waals surface area contributed by atoms with E-state index in [0.29, 0.717) is 5.75 Å². The van der Waals surface area contributed by atoms with Crippen LogP contribution in [0.5, 0.6) is 5.75 Å². The van der Waals surface area contributed by atoms with Crippen LogP contribution in [-0.2, 0) is 4.29 Å². The van der Waals surface area contributed by atoms with Crippen LogP contribution in [0.1, 0.15) is 24.3 Å². The third kappa shape index (κ3) is 2.60. The molecule has 0 aliphatic carbocycles. The summed E-state index contributed by atoms with van der Waals surface area (Å²) >= 11 is 4.95. The van der Waals surface area contributed by atoms with Crippen molar-refractivity contribution in [1.82, 2.24) is 4.98 Å². The Kier molecular flexibility index (Phi) is 3.71. The lowest BCUT2D eigenvalue weighted by atomic mass is 10.3. The van der Waals surface area contributed by atoms with Gasteiger partial charge in [-0.2, -0.15) is 0 Å². The molecule has 0 spiro atoms. The van der Waals surface area contributed by atoms with Crippen LogP contribution in [0.2, 0.25) is 0 Å². The van der Waals surface area contributed by atoms with Gasteiger partial charge in [0.15, 0.2) is 11.4 Å². The number of hydrogen-bond acceptors (Lipinski definition) is 4. The first kappa shape index (κ1) is 10.8. The average Bonchev–Trinajstić information content (AvgIpc) is 2.16. The SMILES string of the molecule is CC(C)Oc1cccnc1C(=O)OCl. The van der Waals surface area contributed by atoms with Gasteiger partial charge >= 0.3 is 5.97 Å². The summed E-state index contributed by atoms with van der Waals surface area (Å²) in [4.78, 5) is 14.9. The van der Waals surface area contributed by atoms with Crippen molar-refractivity contribution in [3.63, 3.8) is 0 Å². The Morgan fingerprint density at radius 1 is 1.57 bits per heavy atom. The first-order valence-electron chi connectivity index (χ1n) is 4.09. The summed E-state index contributed by atoms with van der Waals surface area (Å²) in [6.45, 7) is 3.70. The highest BCUT2D eigenvalue weighted by molar-refractivity contribution is 6.15. The topological polar surface area (TPSA) is 48.4 Å². The number of nitrogens with zero attached hydrogens (tertiary/aromatic N) is 1. The van der Waals surface area contributed by atoms with Gasteiger partial charge in [0, 0.05) is 6.20 Å². The Labute approximate surface area is 87.0 Å². The molecule has 1 aromatic heterocycles. The molecular weight excluding hydrogens is 206 g/mol. The molecule has 0 radical (unpaired) electrons. The highest BCUT2D eigenvalue weighted by Gasteiger charge is 2.15. The first-order chi connectivity index (χ1) is 6.65. The van der Waals surface area contributed by atoms with E-state index >= 15 is 0 Å². The van der Waals surface area contributed by atoms with E-state index in [4.69, 9.17) is 16.6 Å². The standard InChI is InChI=1S/C9H10ClNO3/c1-6(2)13-7-4-3-5-11-8(7)9(12)14-10/h3-6H,1-2H3. The number of pyridine rings is 1. The summed E-state index contributed by atoms with van der Waals surface area (Å²) in [6, 6.07) is 3.30. The maximum atomic E-state index is 11.1. The maximum absolute atomic E-state index is 11.1. The largest absolute Gasteiger partial charge is 0.488 e. The minimum absolute atomic E-state index is 0.0407. The molecule has 1 aromatic rings. The minimum atomic E-state index is -0.720. The fourth-order valence-electron chi connectivity index (χ4n) is 0.929. The number of halogens is 1. The smallest absolute Gasteiger partial charge is 0.378 e. The first-order valence-corrected chi connectivity index (χ1v) is 4.40. The predicted molar refractivity (Wildman–Crippen MR) is 51.3 cm³/mol. The molecule has 5 heteroatoms. The summed E-state index contributed by atoms with van der Waals surface area (Å²) in [5.41, 5.74) is 0.0798. The molecule has 0 saturated carbocycles. The van der Waals surface area contributed by atoms with Crippen molar-refractivity contribution in [1.29, 1.82) is 0 Å². The molecule has 14 heavy (non-hydrogen) atoms. The second-order valence-corrected chi connectivity index (χ2v) is 3.04.